The second-order valence-corrected chi connectivity index (χ2v) is 30.5. The molecule has 2 amide bonds. The molecular formula is C99H73Cl4N19O10. The Hall–Kier alpha value is -16.7. The molecule has 0 saturated heterocycles. The lowest BCUT2D eigenvalue weighted by atomic mass is 10.0. The zero-order chi connectivity index (χ0) is 92.6. The minimum atomic E-state index is -1.24. The molecule has 29 nitrogen and oxygen atoms in total. The lowest BCUT2D eigenvalue weighted by Crippen LogP contribution is -2.26. The Bertz CT molecular complexity index is 7460. The van der Waals surface area contributed by atoms with Gasteiger partial charge in [-0.05, 0) is 110 Å². The van der Waals surface area contributed by atoms with E-state index in [1.165, 1.54) is 20.4 Å². The van der Waals surface area contributed by atoms with Gasteiger partial charge in [-0.25, -0.2) is 59.0 Å². The second kappa shape index (κ2) is 40.9. The number of aromatic nitrogens is 13. The van der Waals surface area contributed by atoms with Crippen molar-refractivity contribution in [2.75, 3.05) is 43.8 Å². The first kappa shape index (κ1) is 90.1. The second-order valence-electron chi connectivity index (χ2n) is 28.8. The van der Waals surface area contributed by atoms with Crippen LogP contribution in [0.2, 0.25) is 20.1 Å². The monoisotopic (exact) mass is 1830 g/mol. The van der Waals surface area contributed by atoms with E-state index in [1.54, 1.807) is 98.4 Å². The third-order valence-corrected chi connectivity index (χ3v) is 21.4. The van der Waals surface area contributed by atoms with Gasteiger partial charge in [0.2, 0.25) is 0 Å². The van der Waals surface area contributed by atoms with Gasteiger partial charge in [0, 0.05) is 104 Å². The van der Waals surface area contributed by atoms with Crippen LogP contribution in [0.15, 0.2) is 286 Å². The summed E-state index contributed by atoms with van der Waals surface area (Å²) in [5.74, 6) is -3.95. The van der Waals surface area contributed by atoms with Crippen molar-refractivity contribution < 1.29 is 48.1 Å². The lowest BCUT2D eigenvalue weighted by molar-refractivity contribution is 0.0523. The number of fused-ring (bicyclic) bond motifs is 4. The minimum Gasteiger partial charge on any atom is -0.476 e. The largest absolute Gasteiger partial charge is 0.476 e. The maximum absolute atomic E-state index is 13.2. The standard InChI is InChI=1S/C29H23ClN6O3.C29H22ClN5O3.C21H15ClN4O2.C20H13ClN4O2/c1-2-39-29(38)19-10-11-21(33-15-19)16-34-28(37)26-27(31)36-24(17-7-4-3-5-8-17)25(35-26)20-13-18-9-6-12-32-23(18)22(30)14-20;1-38-29(37)19-11-9-17(10-12-19)16-33-28(36)26-27(31)35-24(18-6-3-2-4-7-18)25(34-26)21-14-20-8-5-13-32-23(20)22(30)15-21;1-28-21(27)19-20(23)26-17(12-6-3-2-4-7-12)18(25-19)14-10-13-8-5-9-24-16(13)15(22)11-14;21-14-10-13(9-12-7-4-8-23-15(12)14)17-16(11-5-2-1-3-6-11)25-19(22)18(24-17)20(26)27/h3-15H,2,16H2,1H3,(H2,31,36)(H,34,37);2-15H,16H2,1H3,(H2,31,35)(H,33,36);2-11H,1H3,(H2,23,26);1-10H,(H2,22,25)(H,26,27). The van der Waals surface area contributed by atoms with Crippen LogP contribution in [0.4, 0.5) is 23.3 Å². The summed E-state index contributed by atoms with van der Waals surface area (Å²) < 4.78 is 14.5. The fourth-order valence-corrected chi connectivity index (χ4v) is 15.0. The van der Waals surface area contributed by atoms with Gasteiger partial charge in [0.25, 0.3) is 11.8 Å². The van der Waals surface area contributed by atoms with E-state index in [0.717, 1.165) is 49.4 Å². The lowest BCUT2D eigenvalue weighted by Gasteiger charge is -2.14. The molecule has 18 rings (SSSR count). The quantitative estimate of drug-likeness (QED) is 0.0292. The Morgan fingerprint density at radius 2 is 0.636 bits per heavy atom. The number of aromatic carboxylic acids is 1. The predicted molar refractivity (Wildman–Crippen MR) is 509 cm³/mol. The molecule has 0 aliphatic carbocycles. The number of methoxy groups -OCH3 is 2. The first-order valence-electron chi connectivity index (χ1n) is 40.3. The summed E-state index contributed by atoms with van der Waals surface area (Å²) in [6.07, 6.45) is 8.10. The predicted octanol–water partition coefficient (Wildman–Crippen LogP) is 19.1. The molecule has 0 aliphatic rings. The molecule has 0 fully saturated rings. The van der Waals surface area contributed by atoms with Gasteiger partial charge in [0.1, 0.15) is 0 Å². The molecule has 0 bridgehead atoms. The number of nitrogen functional groups attached to an aromatic ring is 4. The summed E-state index contributed by atoms with van der Waals surface area (Å²) in [6, 6.07) is 77.1. The molecule has 33 heteroatoms. The Kier molecular flexibility index (Phi) is 27.9. The summed E-state index contributed by atoms with van der Waals surface area (Å²) in [5, 5.41) is 20.1. The first-order valence-corrected chi connectivity index (χ1v) is 41.8. The van der Waals surface area contributed by atoms with Crippen LogP contribution < -0.4 is 33.6 Å². The van der Waals surface area contributed by atoms with Crippen LogP contribution in [-0.2, 0) is 27.3 Å². The Morgan fingerprint density at radius 3 is 0.962 bits per heavy atom. The zero-order valence-corrected chi connectivity index (χ0v) is 73.0. The normalized spacial score (nSPS) is 10.8. The molecule has 0 spiro atoms. The van der Waals surface area contributed by atoms with Crippen molar-refractivity contribution in [1.29, 1.82) is 0 Å². The molecule has 0 unspecified atom stereocenters. The van der Waals surface area contributed by atoms with Crippen LogP contribution in [0.25, 0.3) is 134 Å². The number of hydrogen-bond donors (Lipinski definition) is 7. The average molecular weight is 1830 g/mol. The molecule has 0 radical (unpaired) electrons. The molecule has 9 aromatic heterocycles. The maximum Gasteiger partial charge on any atom is 0.360 e. The highest BCUT2D eigenvalue weighted by molar-refractivity contribution is 6.37. The van der Waals surface area contributed by atoms with E-state index >= 15 is 0 Å². The average Bonchev–Trinajstić information content (AvgIpc) is 0.781. The molecule has 9 aromatic carbocycles. The van der Waals surface area contributed by atoms with Crippen molar-refractivity contribution in [1.82, 2.24) is 75.4 Å². The van der Waals surface area contributed by atoms with Gasteiger partial charge in [-0.1, -0.05) is 204 Å². The minimum absolute atomic E-state index is 0.000282. The molecule has 652 valence electrons. The van der Waals surface area contributed by atoms with Gasteiger partial charge in [0.05, 0.1) is 132 Å². The van der Waals surface area contributed by atoms with Crippen molar-refractivity contribution in [3.63, 3.8) is 0 Å². The van der Waals surface area contributed by atoms with Crippen molar-refractivity contribution in [2.45, 2.75) is 20.0 Å². The molecule has 0 saturated carbocycles. The fraction of sp³-hybridized carbons (Fsp3) is 0.0606. The number of nitrogens with one attached hydrogen (secondary N) is 2. The van der Waals surface area contributed by atoms with E-state index in [1.807, 2.05) is 188 Å². The van der Waals surface area contributed by atoms with Crippen molar-refractivity contribution >= 4 is 149 Å². The number of pyridine rings is 5. The Balaban J connectivity index is 0.000000136. The number of nitrogens with two attached hydrogens (primary N) is 4. The van der Waals surface area contributed by atoms with Crippen LogP contribution in [0.1, 0.15) is 80.9 Å². The SMILES string of the molecule is CCOC(=O)c1ccc(CNC(=O)c2nc(-c3cc(Cl)c4ncccc4c3)c(-c3ccccc3)nc2N)nc1.COC(=O)c1ccc(CNC(=O)c2nc(-c3cc(Cl)c4ncccc4c3)c(-c3ccccc3)nc2N)cc1.COC(=O)c1nc(-c2cc(Cl)c3ncccc3c2)c(-c2ccccc2)nc1N.Nc1nc(-c2ccccc2)c(-c2cc(Cl)c3ncccc3c2)nc1C(=O)O. The molecule has 0 atom stereocenters. The third kappa shape index (κ3) is 20.4. The molecule has 0 aliphatic heterocycles. The van der Waals surface area contributed by atoms with Gasteiger partial charge in [0.15, 0.2) is 46.0 Å². The van der Waals surface area contributed by atoms with Crippen molar-refractivity contribution in [3.05, 3.63) is 351 Å². The van der Waals surface area contributed by atoms with E-state index in [-0.39, 0.29) is 65.7 Å². The van der Waals surface area contributed by atoms with Crippen LogP contribution in [0.3, 0.4) is 0 Å². The maximum atomic E-state index is 13.2. The van der Waals surface area contributed by atoms with E-state index in [0.29, 0.717) is 127 Å². The van der Waals surface area contributed by atoms with Gasteiger partial charge < -0.3 is 52.9 Å². The summed E-state index contributed by atoms with van der Waals surface area (Å²) in [5.41, 5.74) is 38.4. The molecule has 11 N–H and O–H groups in total. The molecule has 18 aromatic rings. The van der Waals surface area contributed by atoms with Crippen LogP contribution >= 0.6 is 46.4 Å². The highest BCUT2D eigenvalue weighted by Crippen LogP contribution is 2.41. The van der Waals surface area contributed by atoms with Crippen molar-refractivity contribution in [2.24, 2.45) is 0 Å². The van der Waals surface area contributed by atoms with E-state index in [2.05, 4.69) is 75.4 Å². The van der Waals surface area contributed by atoms with Gasteiger partial charge in [-0.15, -0.1) is 0 Å². The number of carbonyl (C=O) groups excluding carboxylic acids is 5. The summed E-state index contributed by atoms with van der Waals surface area (Å²) in [7, 11) is 2.59. The number of carboxylic acids is 1. The van der Waals surface area contributed by atoms with E-state index in [4.69, 9.17) is 83.5 Å². The highest BCUT2D eigenvalue weighted by atomic mass is 35.5. The number of carboxylic acid groups (broad SMARTS) is 1. The Morgan fingerprint density at radius 1 is 0.326 bits per heavy atom. The summed E-state index contributed by atoms with van der Waals surface area (Å²) in [6.45, 7) is 2.29. The smallest absolute Gasteiger partial charge is 0.360 e. The number of nitrogens with zero attached hydrogens (tertiary/aromatic N) is 13. The van der Waals surface area contributed by atoms with E-state index in [9.17, 15) is 33.9 Å². The third-order valence-electron chi connectivity index (χ3n) is 20.2. The first-order chi connectivity index (χ1) is 64.0. The topological polar surface area (TPSA) is 446 Å². The van der Waals surface area contributed by atoms with E-state index < -0.39 is 35.7 Å². The molecule has 132 heavy (non-hydrogen) atoms. The van der Waals surface area contributed by atoms with Gasteiger partial charge in [-0.3, -0.25) is 34.5 Å². The number of amides is 2. The molecular weight excluding hydrogens is 1760 g/mol. The van der Waals surface area contributed by atoms with Gasteiger partial charge in [-0.2, -0.15) is 0 Å². The van der Waals surface area contributed by atoms with Crippen LogP contribution in [0.5, 0.6) is 0 Å². The summed E-state index contributed by atoms with van der Waals surface area (Å²) >= 11 is 26.0. The number of esters is 3. The number of hydrogen-bond acceptors (Lipinski definition) is 26. The number of benzene rings is 9. The number of anilines is 4. The highest BCUT2D eigenvalue weighted by Gasteiger charge is 2.27. The van der Waals surface area contributed by atoms with Crippen LogP contribution in [0, 0.1) is 0 Å². The zero-order valence-electron chi connectivity index (χ0n) is 70.0. The number of carbonyl (C=O) groups is 6. The van der Waals surface area contributed by atoms with Crippen molar-refractivity contribution in [3.8, 4) is 90.1 Å². The summed E-state index contributed by atoms with van der Waals surface area (Å²) in [4.78, 5) is 131. The van der Waals surface area contributed by atoms with Crippen LogP contribution in [-0.4, -0.2) is 126 Å². The number of rotatable bonds is 19. The number of halogens is 4. The fourth-order valence-electron chi connectivity index (χ4n) is 13.9. The number of ether oxygens (including phenoxy) is 3. The van der Waals surface area contributed by atoms with Gasteiger partial charge >= 0.3 is 23.9 Å². The Labute approximate surface area is 772 Å². The molecule has 9 heterocycles.